The summed E-state index contributed by atoms with van der Waals surface area (Å²) in [5.74, 6) is 0.939. The third kappa shape index (κ3) is 4.50. The number of carbonyl (C=O) groups is 1. The molecule has 1 amide bonds. The van der Waals surface area contributed by atoms with Gasteiger partial charge in [-0.05, 0) is 77.0 Å². The number of carbonyl (C=O) groups excluding carboxylic acids is 1. The van der Waals surface area contributed by atoms with Gasteiger partial charge in [0.25, 0.3) is 5.91 Å². The lowest BCUT2D eigenvalue weighted by atomic mass is 9.66. The average Bonchev–Trinajstić information content (AvgIpc) is 2.81. The van der Waals surface area contributed by atoms with Crippen LogP contribution in [0.5, 0.6) is 0 Å². The fraction of sp³-hybridized carbons (Fsp3) is 0.517. The second-order valence-corrected chi connectivity index (χ2v) is 10.3. The molecule has 2 unspecified atom stereocenters. The van der Waals surface area contributed by atoms with E-state index in [1.54, 1.807) is 0 Å². The molecule has 4 heteroatoms. The third-order valence-electron chi connectivity index (χ3n) is 7.73. The van der Waals surface area contributed by atoms with Crippen LogP contribution in [0.2, 0.25) is 0 Å². The van der Waals surface area contributed by atoms with Gasteiger partial charge in [0.1, 0.15) is 5.84 Å². The Balaban J connectivity index is 1.77. The zero-order chi connectivity index (χ0) is 23.6. The van der Waals surface area contributed by atoms with Crippen LogP contribution in [0.1, 0.15) is 65.9 Å². The standard InChI is InChI=1S/C29H39N3O/c1-21(2)31(22(3)4)20-18-29(27-13-9-10-19-32(27)23(5)30-28(29)33)26-16-14-25(15-17-26)24-11-7-6-8-12-24/h6-8,11-12,14-17,21-22,27H,9-10,13,18-20H2,1-5H3. The number of nitrogens with zero attached hydrogens (tertiary/aromatic N) is 3. The second-order valence-electron chi connectivity index (χ2n) is 10.3. The quantitative estimate of drug-likeness (QED) is 0.531. The summed E-state index contributed by atoms with van der Waals surface area (Å²) in [4.78, 5) is 23.4. The molecular weight excluding hydrogens is 406 g/mol. The SMILES string of the molecule is CC1=NC(=O)C(CCN(C(C)C)C(C)C)(c2ccc(-c3ccccc3)cc2)C2CCCCN12. The summed E-state index contributed by atoms with van der Waals surface area (Å²) in [6.07, 6.45) is 4.18. The lowest BCUT2D eigenvalue weighted by Gasteiger charge is -2.51. The summed E-state index contributed by atoms with van der Waals surface area (Å²) in [5, 5.41) is 0. The molecule has 2 aromatic rings. The van der Waals surface area contributed by atoms with Crippen molar-refractivity contribution < 1.29 is 4.79 Å². The molecule has 2 aromatic carbocycles. The Morgan fingerprint density at radius 1 is 0.970 bits per heavy atom. The summed E-state index contributed by atoms with van der Waals surface area (Å²) >= 11 is 0. The van der Waals surface area contributed by atoms with Crippen LogP contribution >= 0.6 is 0 Å². The smallest absolute Gasteiger partial charge is 0.260 e. The summed E-state index contributed by atoms with van der Waals surface area (Å²) in [6.45, 7) is 12.9. The largest absolute Gasteiger partial charge is 0.356 e. The Labute approximate surface area is 199 Å². The molecule has 2 aliphatic heterocycles. The molecule has 176 valence electrons. The van der Waals surface area contributed by atoms with E-state index in [1.165, 1.54) is 24.0 Å². The first-order chi connectivity index (χ1) is 15.8. The predicted molar refractivity (Wildman–Crippen MR) is 138 cm³/mol. The second kappa shape index (κ2) is 9.80. The van der Waals surface area contributed by atoms with Gasteiger partial charge in [-0.3, -0.25) is 9.69 Å². The van der Waals surface area contributed by atoms with E-state index in [0.29, 0.717) is 12.1 Å². The zero-order valence-electron chi connectivity index (χ0n) is 20.9. The molecule has 0 bridgehead atoms. The molecule has 1 fully saturated rings. The Bertz CT molecular complexity index is 972. The van der Waals surface area contributed by atoms with Crippen LogP contribution in [0.15, 0.2) is 59.6 Å². The molecule has 0 saturated carbocycles. The number of benzene rings is 2. The van der Waals surface area contributed by atoms with Crippen molar-refractivity contribution >= 4 is 11.7 Å². The molecular formula is C29H39N3O. The topological polar surface area (TPSA) is 35.9 Å². The van der Waals surface area contributed by atoms with Gasteiger partial charge >= 0.3 is 0 Å². The maximum absolute atomic E-state index is 13.9. The Morgan fingerprint density at radius 3 is 2.24 bits per heavy atom. The van der Waals surface area contributed by atoms with Gasteiger partial charge in [-0.25, -0.2) is 0 Å². The molecule has 1 saturated heterocycles. The van der Waals surface area contributed by atoms with Gasteiger partial charge < -0.3 is 4.90 Å². The van der Waals surface area contributed by atoms with Gasteiger partial charge in [0.15, 0.2) is 0 Å². The maximum Gasteiger partial charge on any atom is 0.260 e. The number of piperidine rings is 1. The first-order valence-electron chi connectivity index (χ1n) is 12.6. The van der Waals surface area contributed by atoms with Crippen molar-refractivity contribution in [1.29, 1.82) is 0 Å². The minimum absolute atomic E-state index is 0.0445. The Hall–Kier alpha value is -2.46. The highest BCUT2D eigenvalue weighted by Gasteiger charge is 2.52. The van der Waals surface area contributed by atoms with Crippen LogP contribution in [0.4, 0.5) is 0 Å². The van der Waals surface area contributed by atoms with Gasteiger partial charge in [-0.2, -0.15) is 4.99 Å². The lowest BCUT2D eigenvalue weighted by molar-refractivity contribution is -0.128. The van der Waals surface area contributed by atoms with E-state index < -0.39 is 5.41 Å². The normalized spacial score (nSPS) is 23.3. The van der Waals surface area contributed by atoms with Gasteiger partial charge in [0.2, 0.25) is 0 Å². The molecule has 2 atom stereocenters. The minimum Gasteiger partial charge on any atom is -0.356 e. The minimum atomic E-state index is -0.600. The highest BCUT2D eigenvalue weighted by atomic mass is 16.2. The molecule has 33 heavy (non-hydrogen) atoms. The van der Waals surface area contributed by atoms with Crippen molar-refractivity contribution in [1.82, 2.24) is 9.80 Å². The van der Waals surface area contributed by atoms with Crippen molar-refractivity contribution in [2.45, 2.75) is 83.8 Å². The van der Waals surface area contributed by atoms with Gasteiger partial charge in [0.05, 0.1) is 5.41 Å². The highest BCUT2D eigenvalue weighted by Crippen LogP contribution is 2.43. The van der Waals surface area contributed by atoms with E-state index in [4.69, 9.17) is 0 Å². The number of rotatable bonds is 7. The average molecular weight is 446 g/mol. The monoisotopic (exact) mass is 445 g/mol. The van der Waals surface area contributed by atoms with Gasteiger partial charge in [-0.1, -0.05) is 54.6 Å². The summed E-state index contributed by atoms with van der Waals surface area (Å²) < 4.78 is 0. The van der Waals surface area contributed by atoms with Crippen molar-refractivity contribution in [2.24, 2.45) is 4.99 Å². The van der Waals surface area contributed by atoms with Gasteiger partial charge in [0, 0.05) is 31.2 Å². The van der Waals surface area contributed by atoms with E-state index in [1.807, 2.05) is 13.0 Å². The summed E-state index contributed by atoms with van der Waals surface area (Å²) in [6, 6.07) is 20.3. The summed E-state index contributed by atoms with van der Waals surface area (Å²) in [7, 11) is 0. The van der Waals surface area contributed by atoms with Crippen LogP contribution in [0.25, 0.3) is 11.1 Å². The molecule has 2 heterocycles. The molecule has 4 rings (SSSR count). The number of fused-ring (bicyclic) bond motifs is 1. The van der Waals surface area contributed by atoms with Crippen LogP contribution < -0.4 is 0 Å². The van der Waals surface area contributed by atoms with Crippen molar-refractivity contribution in [3.8, 4) is 11.1 Å². The number of amidine groups is 1. The molecule has 2 aliphatic rings. The predicted octanol–water partition coefficient (Wildman–Crippen LogP) is 5.91. The van der Waals surface area contributed by atoms with Crippen molar-refractivity contribution in [2.75, 3.05) is 13.1 Å². The first-order valence-corrected chi connectivity index (χ1v) is 12.6. The number of hydrogen-bond acceptors (Lipinski definition) is 3. The number of amides is 1. The number of aliphatic imine (C=N–C) groups is 1. The molecule has 4 nitrogen and oxygen atoms in total. The van der Waals surface area contributed by atoms with E-state index >= 15 is 0 Å². The van der Waals surface area contributed by atoms with Crippen LogP contribution in [-0.4, -0.2) is 52.8 Å². The van der Waals surface area contributed by atoms with Crippen molar-refractivity contribution in [3.63, 3.8) is 0 Å². The summed E-state index contributed by atoms with van der Waals surface area (Å²) in [5.41, 5.74) is 2.90. The van der Waals surface area contributed by atoms with Crippen LogP contribution in [0, 0.1) is 0 Å². The molecule has 0 N–H and O–H groups in total. The Morgan fingerprint density at radius 2 is 1.61 bits per heavy atom. The zero-order valence-corrected chi connectivity index (χ0v) is 20.9. The molecule has 0 radical (unpaired) electrons. The highest BCUT2D eigenvalue weighted by molar-refractivity contribution is 6.02. The molecule has 0 aromatic heterocycles. The van der Waals surface area contributed by atoms with E-state index in [2.05, 4.69) is 91.0 Å². The van der Waals surface area contributed by atoms with E-state index in [0.717, 1.165) is 37.3 Å². The molecule has 0 aliphatic carbocycles. The third-order valence-corrected chi connectivity index (χ3v) is 7.73. The van der Waals surface area contributed by atoms with Crippen molar-refractivity contribution in [3.05, 3.63) is 60.2 Å². The van der Waals surface area contributed by atoms with Gasteiger partial charge in [-0.15, -0.1) is 0 Å². The molecule has 0 spiro atoms. The van der Waals surface area contributed by atoms with Crippen LogP contribution in [0.3, 0.4) is 0 Å². The fourth-order valence-corrected chi connectivity index (χ4v) is 6.03. The fourth-order valence-electron chi connectivity index (χ4n) is 6.03. The van der Waals surface area contributed by atoms with E-state index in [-0.39, 0.29) is 11.9 Å². The maximum atomic E-state index is 13.9. The van der Waals surface area contributed by atoms with E-state index in [9.17, 15) is 4.79 Å². The number of hydrogen-bond donors (Lipinski definition) is 0. The van der Waals surface area contributed by atoms with Crippen LogP contribution in [-0.2, 0) is 10.2 Å². The first kappa shape index (κ1) is 23.7. The lowest BCUT2D eigenvalue weighted by Crippen LogP contribution is -2.62. The Kier molecular flexibility index (Phi) is 7.04.